The standard InChI is InChI=1S/C19H27N3O4/c1-20(2)18(24)16-10-22(11-16)19(25)26-13-17(23)12-21-8-7-14-5-3-4-6-15(14)9-21/h3-6,16-17,23H,7-13H2,1-2H3. The summed E-state index contributed by atoms with van der Waals surface area (Å²) in [6.45, 7) is 2.91. The molecule has 3 rings (SSSR count). The van der Waals surface area contributed by atoms with Crippen molar-refractivity contribution in [1.29, 1.82) is 0 Å². The van der Waals surface area contributed by atoms with Gasteiger partial charge in [0.25, 0.3) is 0 Å². The number of fused-ring (bicyclic) bond motifs is 1. The summed E-state index contributed by atoms with van der Waals surface area (Å²) in [5.41, 5.74) is 2.66. The molecule has 7 nitrogen and oxygen atoms in total. The second-order valence-electron chi connectivity index (χ2n) is 7.32. The lowest BCUT2D eigenvalue weighted by molar-refractivity contribution is -0.137. The molecule has 2 aliphatic rings. The van der Waals surface area contributed by atoms with Gasteiger partial charge in [-0.15, -0.1) is 0 Å². The van der Waals surface area contributed by atoms with Gasteiger partial charge in [0, 0.05) is 46.8 Å². The normalized spacial score (nSPS) is 18.7. The first-order chi connectivity index (χ1) is 12.4. The Morgan fingerprint density at radius 1 is 1.27 bits per heavy atom. The first kappa shape index (κ1) is 18.7. The maximum atomic E-state index is 12.0. The molecule has 2 heterocycles. The van der Waals surface area contributed by atoms with Crippen molar-refractivity contribution in [3.8, 4) is 0 Å². The van der Waals surface area contributed by atoms with E-state index >= 15 is 0 Å². The highest BCUT2D eigenvalue weighted by molar-refractivity contribution is 5.82. The van der Waals surface area contributed by atoms with Gasteiger partial charge in [0.1, 0.15) is 12.7 Å². The summed E-state index contributed by atoms with van der Waals surface area (Å²) in [6, 6.07) is 8.34. The molecule has 1 unspecified atom stereocenters. The molecule has 0 saturated carbocycles. The number of benzene rings is 1. The van der Waals surface area contributed by atoms with Crippen LogP contribution >= 0.6 is 0 Å². The number of ether oxygens (including phenoxy) is 1. The van der Waals surface area contributed by atoms with Gasteiger partial charge in [-0.2, -0.15) is 0 Å². The maximum absolute atomic E-state index is 12.0. The molecule has 1 atom stereocenters. The van der Waals surface area contributed by atoms with E-state index in [1.807, 2.05) is 6.07 Å². The topological polar surface area (TPSA) is 73.3 Å². The van der Waals surface area contributed by atoms with Crippen LogP contribution < -0.4 is 0 Å². The molecule has 2 amide bonds. The van der Waals surface area contributed by atoms with Crippen molar-refractivity contribution in [2.75, 3.05) is 46.9 Å². The number of aliphatic hydroxyl groups excluding tert-OH is 1. The SMILES string of the molecule is CN(C)C(=O)C1CN(C(=O)OCC(O)CN2CCc3ccccc3C2)C1. The van der Waals surface area contributed by atoms with Crippen LogP contribution in [0.4, 0.5) is 4.79 Å². The number of likely N-dealkylation sites (tertiary alicyclic amines) is 1. The number of aliphatic hydroxyl groups is 1. The molecule has 2 aliphatic heterocycles. The lowest BCUT2D eigenvalue weighted by atomic mass is 9.99. The zero-order chi connectivity index (χ0) is 18.7. The largest absolute Gasteiger partial charge is 0.447 e. The van der Waals surface area contributed by atoms with Gasteiger partial charge in [0.2, 0.25) is 5.91 Å². The Bertz CT molecular complexity index is 658. The van der Waals surface area contributed by atoms with Gasteiger partial charge in [0.15, 0.2) is 0 Å². The third-order valence-corrected chi connectivity index (χ3v) is 5.01. The molecule has 1 fully saturated rings. The summed E-state index contributed by atoms with van der Waals surface area (Å²) in [6.07, 6.45) is -0.210. The van der Waals surface area contributed by atoms with Gasteiger partial charge in [-0.1, -0.05) is 24.3 Å². The average molecular weight is 361 g/mol. The quantitative estimate of drug-likeness (QED) is 0.830. The van der Waals surface area contributed by atoms with E-state index in [1.54, 1.807) is 14.1 Å². The highest BCUT2D eigenvalue weighted by atomic mass is 16.6. The van der Waals surface area contributed by atoms with Gasteiger partial charge >= 0.3 is 6.09 Å². The fourth-order valence-corrected chi connectivity index (χ4v) is 3.47. The zero-order valence-corrected chi connectivity index (χ0v) is 15.4. The van der Waals surface area contributed by atoms with E-state index < -0.39 is 12.2 Å². The average Bonchev–Trinajstić information content (AvgIpc) is 2.58. The van der Waals surface area contributed by atoms with Crippen LogP contribution in [0.25, 0.3) is 0 Å². The Kier molecular flexibility index (Phi) is 5.78. The minimum absolute atomic E-state index is 0.0273. The van der Waals surface area contributed by atoms with Crippen molar-refractivity contribution in [3.63, 3.8) is 0 Å². The number of β-amino-alcohol motifs (C(OH)–C–C–N with tert-alkyl or cyclic N) is 1. The number of hydrogen-bond donors (Lipinski definition) is 1. The van der Waals surface area contributed by atoms with E-state index in [9.17, 15) is 14.7 Å². The van der Waals surface area contributed by atoms with E-state index in [2.05, 4.69) is 23.1 Å². The van der Waals surface area contributed by atoms with Crippen LogP contribution in [0, 0.1) is 5.92 Å². The number of hydrogen-bond acceptors (Lipinski definition) is 5. The highest BCUT2D eigenvalue weighted by Gasteiger charge is 2.37. The Morgan fingerprint density at radius 3 is 2.65 bits per heavy atom. The van der Waals surface area contributed by atoms with E-state index in [1.165, 1.54) is 20.9 Å². The monoisotopic (exact) mass is 361 g/mol. The van der Waals surface area contributed by atoms with Gasteiger partial charge in [0.05, 0.1) is 5.92 Å². The van der Waals surface area contributed by atoms with Gasteiger partial charge < -0.3 is 19.6 Å². The minimum Gasteiger partial charge on any atom is -0.447 e. The Hall–Kier alpha value is -2.12. The van der Waals surface area contributed by atoms with Gasteiger partial charge in [-0.25, -0.2) is 4.79 Å². The number of carbonyl (C=O) groups excluding carboxylic acids is 2. The lowest BCUT2D eigenvalue weighted by Gasteiger charge is -2.38. The second kappa shape index (κ2) is 8.05. The van der Waals surface area contributed by atoms with Crippen LogP contribution in [-0.4, -0.2) is 84.8 Å². The number of rotatable bonds is 5. The molecule has 26 heavy (non-hydrogen) atoms. The predicted molar refractivity (Wildman–Crippen MR) is 96.5 cm³/mol. The van der Waals surface area contributed by atoms with Crippen molar-refractivity contribution in [2.45, 2.75) is 19.1 Å². The third-order valence-electron chi connectivity index (χ3n) is 5.01. The van der Waals surface area contributed by atoms with E-state index in [0.717, 1.165) is 19.5 Å². The smallest absolute Gasteiger partial charge is 0.409 e. The van der Waals surface area contributed by atoms with Crippen molar-refractivity contribution in [1.82, 2.24) is 14.7 Å². The molecule has 0 aromatic heterocycles. The molecular weight excluding hydrogens is 334 g/mol. The summed E-state index contributed by atoms with van der Waals surface area (Å²) >= 11 is 0. The van der Waals surface area contributed by atoms with E-state index in [4.69, 9.17) is 4.74 Å². The molecule has 0 aliphatic carbocycles. The number of amides is 2. The molecule has 7 heteroatoms. The molecular formula is C19H27N3O4. The van der Waals surface area contributed by atoms with Crippen molar-refractivity contribution < 1.29 is 19.4 Å². The highest BCUT2D eigenvalue weighted by Crippen LogP contribution is 2.20. The van der Waals surface area contributed by atoms with Crippen LogP contribution in [0.15, 0.2) is 24.3 Å². The van der Waals surface area contributed by atoms with Crippen LogP contribution in [0.1, 0.15) is 11.1 Å². The maximum Gasteiger partial charge on any atom is 0.409 e. The van der Waals surface area contributed by atoms with E-state index in [-0.39, 0.29) is 18.4 Å². The van der Waals surface area contributed by atoms with Crippen LogP contribution in [0.2, 0.25) is 0 Å². The van der Waals surface area contributed by atoms with Crippen LogP contribution in [-0.2, 0) is 22.5 Å². The minimum atomic E-state index is -0.718. The number of nitrogens with zero attached hydrogens (tertiary/aromatic N) is 3. The lowest BCUT2D eigenvalue weighted by Crippen LogP contribution is -2.55. The summed E-state index contributed by atoms with van der Waals surface area (Å²) < 4.78 is 5.19. The molecule has 142 valence electrons. The van der Waals surface area contributed by atoms with Gasteiger partial charge in [-0.05, 0) is 17.5 Å². The fraction of sp³-hybridized carbons (Fsp3) is 0.579. The molecule has 1 saturated heterocycles. The first-order valence-electron chi connectivity index (χ1n) is 9.04. The fourth-order valence-electron chi connectivity index (χ4n) is 3.47. The van der Waals surface area contributed by atoms with Crippen molar-refractivity contribution in [2.24, 2.45) is 5.92 Å². The summed E-state index contributed by atoms with van der Waals surface area (Å²) in [5.74, 6) is -0.115. The third kappa shape index (κ3) is 4.34. The molecule has 1 N–H and O–H groups in total. The Labute approximate surface area is 154 Å². The zero-order valence-electron chi connectivity index (χ0n) is 15.4. The molecule has 0 bridgehead atoms. The predicted octanol–water partition coefficient (Wildman–Crippen LogP) is 0.562. The van der Waals surface area contributed by atoms with Crippen molar-refractivity contribution >= 4 is 12.0 Å². The number of carbonyl (C=O) groups is 2. The second-order valence-corrected chi connectivity index (χ2v) is 7.32. The summed E-state index contributed by atoms with van der Waals surface area (Å²) in [7, 11) is 3.41. The molecule has 0 radical (unpaired) electrons. The van der Waals surface area contributed by atoms with Crippen LogP contribution in [0.3, 0.4) is 0 Å². The van der Waals surface area contributed by atoms with Gasteiger partial charge in [-0.3, -0.25) is 9.69 Å². The van der Waals surface area contributed by atoms with E-state index in [0.29, 0.717) is 19.6 Å². The first-order valence-corrected chi connectivity index (χ1v) is 9.04. The summed E-state index contributed by atoms with van der Waals surface area (Å²) in [5, 5.41) is 10.2. The molecule has 1 aromatic carbocycles. The molecule has 0 spiro atoms. The Morgan fingerprint density at radius 2 is 1.96 bits per heavy atom. The molecule has 1 aromatic rings. The van der Waals surface area contributed by atoms with Crippen LogP contribution in [0.5, 0.6) is 0 Å². The Balaban J connectivity index is 1.37. The van der Waals surface area contributed by atoms with Crippen molar-refractivity contribution in [3.05, 3.63) is 35.4 Å². The summed E-state index contributed by atoms with van der Waals surface area (Å²) in [4.78, 5) is 29.0.